The monoisotopic (exact) mass is 473 g/mol. The molecule has 0 N–H and O–H groups in total. The number of hydrogen-bond donors (Lipinski definition) is 0. The van der Waals surface area contributed by atoms with Gasteiger partial charge in [0.05, 0.1) is 11.4 Å². The maximum atomic E-state index is 12.7. The van der Waals surface area contributed by atoms with Crippen LogP contribution in [0.4, 0.5) is 4.79 Å². The molecule has 31 heavy (non-hydrogen) atoms. The van der Waals surface area contributed by atoms with Crippen LogP contribution in [0, 0.1) is 6.92 Å². The van der Waals surface area contributed by atoms with E-state index >= 15 is 0 Å². The van der Waals surface area contributed by atoms with Gasteiger partial charge in [0.2, 0.25) is 0 Å². The molecule has 158 valence electrons. The zero-order valence-corrected chi connectivity index (χ0v) is 18.8. The molecule has 1 fully saturated rings. The van der Waals surface area contributed by atoms with Gasteiger partial charge in [0.15, 0.2) is 0 Å². The van der Waals surface area contributed by atoms with Crippen LogP contribution in [0.2, 0.25) is 10.0 Å². The summed E-state index contributed by atoms with van der Waals surface area (Å²) >= 11 is 13.0. The Labute approximate surface area is 193 Å². The van der Waals surface area contributed by atoms with Crippen LogP contribution in [0.3, 0.4) is 0 Å². The number of imide groups is 1. The number of carbonyl (C=O) groups excluding carboxylic acids is 2. The summed E-state index contributed by atoms with van der Waals surface area (Å²) in [4.78, 5) is 26.4. The summed E-state index contributed by atoms with van der Waals surface area (Å²) in [5.74, 6) is 1.34. The Balaban J connectivity index is 1.43. The average molecular weight is 474 g/mol. The van der Waals surface area contributed by atoms with E-state index in [1.165, 1.54) is 4.90 Å². The molecule has 0 bridgehead atoms. The molecule has 4 rings (SSSR count). The molecule has 0 saturated carbocycles. The maximum Gasteiger partial charge on any atom is 0.293 e. The molecular weight excluding hydrogens is 457 g/mol. The summed E-state index contributed by atoms with van der Waals surface area (Å²) in [6.07, 6.45) is 1.56. The second-order valence-electron chi connectivity index (χ2n) is 6.86. The third kappa shape index (κ3) is 5.15. The zero-order chi connectivity index (χ0) is 22.0. The van der Waals surface area contributed by atoms with Crippen LogP contribution >= 0.6 is 35.0 Å². The highest BCUT2D eigenvalue weighted by Crippen LogP contribution is 2.34. The lowest BCUT2D eigenvalue weighted by molar-refractivity contribution is -0.123. The van der Waals surface area contributed by atoms with Crippen molar-refractivity contribution in [2.24, 2.45) is 0 Å². The van der Waals surface area contributed by atoms with Crippen LogP contribution < -0.4 is 4.74 Å². The molecule has 2 heterocycles. The van der Waals surface area contributed by atoms with Gasteiger partial charge in [-0.3, -0.25) is 14.5 Å². The van der Waals surface area contributed by atoms with Gasteiger partial charge in [-0.25, -0.2) is 0 Å². The first-order valence-electron chi connectivity index (χ1n) is 9.40. The van der Waals surface area contributed by atoms with E-state index in [0.717, 1.165) is 22.9 Å². The van der Waals surface area contributed by atoms with Gasteiger partial charge in [-0.05, 0) is 66.7 Å². The molecule has 3 aromatic rings. The van der Waals surface area contributed by atoms with Crippen molar-refractivity contribution in [3.63, 3.8) is 0 Å². The number of ether oxygens (including phenoxy) is 1. The highest BCUT2D eigenvalue weighted by atomic mass is 35.5. The van der Waals surface area contributed by atoms with Crippen molar-refractivity contribution in [2.75, 3.05) is 13.2 Å². The highest BCUT2D eigenvalue weighted by molar-refractivity contribution is 8.18. The van der Waals surface area contributed by atoms with Crippen molar-refractivity contribution in [3.8, 4) is 17.1 Å². The SMILES string of the molecule is Cc1cccc(OCCN2C(=O)S/C(=C\c3ccc(-c4cc(Cl)cc(Cl)c4)o3)C2=O)c1. The van der Waals surface area contributed by atoms with Crippen molar-refractivity contribution in [1.82, 2.24) is 4.90 Å². The van der Waals surface area contributed by atoms with Crippen LogP contribution in [0.1, 0.15) is 11.3 Å². The second kappa shape index (κ2) is 9.22. The van der Waals surface area contributed by atoms with Crippen molar-refractivity contribution in [1.29, 1.82) is 0 Å². The van der Waals surface area contributed by atoms with Crippen LogP contribution in [0.15, 0.2) is 63.9 Å². The number of furan rings is 1. The van der Waals surface area contributed by atoms with E-state index in [1.807, 2.05) is 31.2 Å². The van der Waals surface area contributed by atoms with Gasteiger partial charge in [-0.15, -0.1) is 0 Å². The smallest absolute Gasteiger partial charge is 0.293 e. The summed E-state index contributed by atoms with van der Waals surface area (Å²) in [6.45, 7) is 2.35. The molecule has 1 aliphatic heterocycles. The van der Waals surface area contributed by atoms with Crippen molar-refractivity contribution >= 4 is 52.2 Å². The van der Waals surface area contributed by atoms with E-state index in [1.54, 1.807) is 36.4 Å². The van der Waals surface area contributed by atoms with Crippen molar-refractivity contribution in [3.05, 3.63) is 80.9 Å². The topological polar surface area (TPSA) is 59.8 Å². The lowest BCUT2D eigenvalue weighted by atomic mass is 10.2. The number of aryl methyl sites for hydroxylation is 1. The number of halogens is 2. The van der Waals surface area contributed by atoms with E-state index in [2.05, 4.69) is 0 Å². The highest BCUT2D eigenvalue weighted by Gasteiger charge is 2.35. The Kier molecular flexibility index (Phi) is 6.41. The number of hydrogen-bond acceptors (Lipinski definition) is 5. The first-order chi connectivity index (χ1) is 14.9. The largest absolute Gasteiger partial charge is 0.492 e. The normalized spacial score (nSPS) is 15.2. The number of benzene rings is 2. The minimum absolute atomic E-state index is 0.167. The van der Waals surface area contributed by atoms with E-state index in [-0.39, 0.29) is 24.3 Å². The van der Waals surface area contributed by atoms with Crippen LogP contribution in [-0.4, -0.2) is 29.2 Å². The van der Waals surface area contributed by atoms with Gasteiger partial charge < -0.3 is 9.15 Å². The molecule has 0 spiro atoms. The molecule has 8 heteroatoms. The molecule has 5 nitrogen and oxygen atoms in total. The first-order valence-corrected chi connectivity index (χ1v) is 11.0. The fourth-order valence-corrected chi connectivity index (χ4v) is 4.43. The van der Waals surface area contributed by atoms with Gasteiger partial charge in [0, 0.05) is 21.7 Å². The Bertz CT molecular complexity index is 1170. The summed E-state index contributed by atoms with van der Waals surface area (Å²) in [7, 11) is 0. The molecule has 1 saturated heterocycles. The second-order valence-corrected chi connectivity index (χ2v) is 8.72. The van der Waals surface area contributed by atoms with Crippen LogP contribution in [0.25, 0.3) is 17.4 Å². The molecule has 1 aromatic heterocycles. The molecule has 0 unspecified atom stereocenters. The van der Waals surface area contributed by atoms with Crippen molar-refractivity contribution in [2.45, 2.75) is 6.92 Å². The molecule has 2 aromatic carbocycles. The summed E-state index contributed by atoms with van der Waals surface area (Å²) in [5, 5.41) is 0.654. The fourth-order valence-electron chi connectivity index (χ4n) is 3.06. The molecule has 0 aliphatic carbocycles. The number of carbonyl (C=O) groups is 2. The summed E-state index contributed by atoms with van der Waals surface area (Å²) in [6, 6.07) is 16.2. The Morgan fingerprint density at radius 3 is 2.58 bits per heavy atom. The number of amides is 2. The molecule has 0 atom stereocenters. The molecule has 0 radical (unpaired) electrons. The van der Waals surface area contributed by atoms with Gasteiger partial charge in [-0.2, -0.15) is 0 Å². The number of nitrogens with zero attached hydrogens (tertiary/aromatic N) is 1. The molecule has 2 amide bonds. The Morgan fingerprint density at radius 2 is 1.84 bits per heavy atom. The quantitative estimate of drug-likeness (QED) is 0.373. The average Bonchev–Trinajstić information content (AvgIpc) is 3.27. The predicted molar refractivity (Wildman–Crippen MR) is 124 cm³/mol. The predicted octanol–water partition coefficient (Wildman–Crippen LogP) is 6.68. The van der Waals surface area contributed by atoms with Gasteiger partial charge in [-0.1, -0.05) is 35.3 Å². The maximum absolute atomic E-state index is 12.7. The van der Waals surface area contributed by atoms with E-state index < -0.39 is 0 Å². The van der Waals surface area contributed by atoms with E-state index in [9.17, 15) is 9.59 Å². The van der Waals surface area contributed by atoms with E-state index in [0.29, 0.717) is 32.2 Å². The zero-order valence-electron chi connectivity index (χ0n) is 16.4. The van der Waals surface area contributed by atoms with Gasteiger partial charge >= 0.3 is 0 Å². The van der Waals surface area contributed by atoms with Crippen LogP contribution in [-0.2, 0) is 4.79 Å². The Morgan fingerprint density at radius 1 is 1.06 bits per heavy atom. The number of rotatable bonds is 6. The van der Waals surface area contributed by atoms with Crippen molar-refractivity contribution < 1.29 is 18.7 Å². The lowest BCUT2D eigenvalue weighted by Gasteiger charge is -2.13. The fraction of sp³-hybridized carbons (Fsp3) is 0.130. The van der Waals surface area contributed by atoms with Crippen LogP contribution in [0.5, 0.6) is 5.75 Å². The third-order valence-electron chi connectivity index (χ3n) is 4.49. The summed E-state index contributed by atoms with van der Waals surface area (Å²) in [5.41, 5.74) is 1.79. The lowest BCUT2D eigenvalue weighted by Crippen LogP contribution is -2.32. The Hall–Kier alpha value is -2.67. The molecular formula is C23H17Cl2NO4S. The van der Waals surface area contributed by atoms with Gasteiger partial charge in [0.1, 0.15) is 23.9 Å². The summed E-state index contributed by atoms with van der Waals surface area (Å²) < 4.78 is 11.5. The number of thioether (sulfide) groups is 1. The standard InChI is InChI=1S/C23H17Cl2NO4S/c1-14-3-2-4-18(9-14)29-8-7-26-22(27)21(31-23(26)28)13-19-5-6-20(30-19)15-10-16(24)12-17(25)11-15/h2-6,9-13H,7-8H2,1H3/b21-13-. The molecule has 1 aliphatic rings. The minimum atomic E-state index is -0.369. The minimum Gasteiger partial charge on any atom is -0.492 e. The third-order valence-corrected chi connectivity index (χ3v) is 5.84. The first kappa shape index (κ1) is 21.6. The van der Waals surface area contributed by atoms with Gasteiger partial charge in [0.25, 0.3) is 11.1 Å². The van der Waals surface area contributed by atoms with E-state index in [4.69, 9.17) is 32.4 Å².